The summed E-state index contributed by atoms with van der Waals surface area (Å²) in [6.45, 7) is 4.91. The first kappa shape index (κ1) is 15.0. The van der Waals surface area contributed by atoms with E-state index < -0.39 is 6.10 Å². The van der Waals surface area contributed by atoms with Crippen LogP contribution in [-0.2, 0) is 11.8 Å². The molecule has 5 heteroatoms. The normalized spacial score (nSPS) is 12.9. The molecule has 0 radical (unpaired) electrons. The van der Waals surface area contributed by atoms with Crippen LogP contribution in [0.5, 0.6) is 0 Å². The molecule has 0 aliphatic rings. The first-order valence-electron chi connectivity index (χ1n) is 7.10. The van der Waals surface area contributed by atoms with Crippen LogP contribution in [0.3, 0.4) is 0 Å². The highest BCUT2D eigenvalue weighted by Gasteiger charge is 2.09. The minimum absolute atomic E-state index is 0.506. The second-order valence-electron chi connectivity index (χ2n) is 4.87. The molecule has 5 nitrogen and oxygen atoms in total. The Morgan fingerprint density at radius 2 is 2.30 bits per heavy atom. The van der Waals surface area contributed by atoms with Crippen LogP contribution >= 0.6 is 0 Å². The highest BCUT2D eigenvalue weighted by atomic mass is 16.5. The van der Waals surface area contributed by atoms with Gasteiger partial charge in [0.2, 0.25) is 0 Å². The van der Waals surface area contributed by atoms with E-state index in [1.807, 2.05) is 36.7 Å². The molecule has 0 saturated heterocycles. The Morgan fingerprint density at radius 1 is 1.45 bits per heavy atom. The highest BCUT2D eigenvalue weighted by molar-refractivity contribution is 5.76. The number of hydrogen-bond donors (Lipinski definition) is 2. The maximum absolute atomic E-state index is 10.2. The van der Waals surface area contributed by atoms with Crippen LogP contribution in [0.15, 0.2) is 24.5 Å². The molecule has 0 aliphatic heterocycles. The molecular weight excluding hydrogens is 254 g/mol. The Hall–Kier alpha value is -1.43. The van der Waals surface area contributed by atoms with E-state index in [0.717, 1.165) is 42.8 Å². The average molecular weight is 277 g/mol. The van der Waals surface area contributed by atoms with E-state index in [0.29, 0.717) is 6.54 Å². The zero-order valence-corrected chi connectivity index (χ0v) is 12.2. The monoisotopic (exact) mass is 277 g/mol. The summed E-state index contributed by atoms with van der Waals surface area (Å²) in [5.74, 6) is 0. The van der Waals surface area contributed by atoms with E-state index in [2.05, 4.69) is 10.3 Å². The number of aryl methyl sites for hydroxylation is 1. The van der Waals surface area contributed by atoms with Gasteiger partial charge in [0.05, 0.1) is 23.5 Å². The van der Waals surface area contributed by atoms with Gasteiger partial charge in [-0.3, -0.25) is 0 Å². The second-order valence-corrected chi connectivity index (χ2v) is 4.87. The summed E-state index contributed by atoms with van der Waals surface area (Å²) in [7, 11) is 1.96. The van der Waals surface area contributed by atoms with Crippen LogP contribution in [0, 0.1) is 0 Å². The van der Waals surface area contributed by atoms with Crippen molar-refractivity contribution in [2.75, 3.05) is 26.3 Å². The lowest BCUT2D eigenvalue weighted by molar-refractivity contribution is 0.141. The summed E-state index contributed by atoms with van der Waals surface area (Å²) in [5, 5.41) is 13.4. The number of benzene rings is 1. The number of imidazole rings is 1. The van der Waals surface area contributed by atoms with E-state index in [1.165, 1.54) is 0 Å². The van der Waals surface area contributed by atoms with Crippen LogP contribution in [0.2, 0.25) is 0 Å². The van der Waals surface area contributed by atoms with Crippen molar-refractivity contribution in [1.82, 2.24) is 14.9 Å². The van der Waals surface area contributed by atoms with Gasteiger partial charge in [0.25, 0.3) is 0 Å². The summed E-state index contributed by atoms with van der Waals surface area (Å²) in [5.41, 5.74) is 2.89. The maximum Gasteiger partial charge on any atom is 0.0955 e. The third kappa shape index (κ3) is 3.79. The average Bonchev–Trinajstić information content (AvgIpc) is 2.83. The zero-order valence-electron chi connectivity index (χ0n) is 12.2. The van der Waals surface area contributed by atoms with Crippen molar-refractivity contribution >= 4 is 11.0 Å². The first-order valence-corrected chi connectivity index (χ1v) is 7.10. The van der Waals surface area contributed by atoms with Crippen molar-refractivity contribution in [3.63, 3.8) is 0 Å². The third-order valence-corrected chi connectivity index (χ3v) is 3.32. The molecule has 0 fully saturated rings. The molecule has 1 aromatic carbocycles. The Labute approximate surface area is 119 Å². The summed E-state index contributed by atoms with van der Waals surface area (Å²) >= 11 is 0. The van der Waals surface area contributed by atoms with E-state index >= 15 is 0 Å². The smallest absolute Gasteiger partial charge is 0.0955 e. The standard InChI is InChI=1S/C15H23N3O2/c1-3-20-8-4-7-16-10-15(19)12-5-6-14-13(9-12)17-11-18(14)2/h5-6,9,11,15-16,19H,3-4,7-8,10H2,1-2H3. The van der Waals surface area contributed by atoms with Crippen molar-refractivity contribution in [1.29, 1.82) is 0 Å². The van der Waals surface area contributed by atoms with Crippen molar-refractivity contribution in [2.24, 2.45) is 7.05 Å². The topological polar surface area (TPSA) is 59.3 Å². The van der Waals surface area contributed by atoms with Crippen LogP contribution in [0.1, 0.15) is 25.0 Å². The van der Waals surface area contributed by atoms with Crippen LogP contribution in [0.25, 0.3) is 11.0 Å². The molecule has 1 unspecified atom stereocenters. The molecule has 1 heterocycles. The number of hydrogen-bond acceptors (Lipinski definition) is 4. The molecule has 0 bridgehead atoms. The molecule has 1 aromatic heterocycles. The lowest BCUT2D eigenvalue weighted by Crippen LogP contribution is -2.23. The summed E-state index contributed by atoms with van der Waals surface area (Å²) in [6.07, 6.45) is 2.24. The van der Waals surface area contributed by atoms with Gasteiger partial charge in [-0.25, -0.2) is 4.98 Å². The van der Waals surface area contributed by atoms with Crippen LogP contribution < -0.4 is 5.32 Å². The van der Waals surface area contributed by atoms with E-state index in [4.69, 9.17) is 4.74 Å². The fourth-order valence-electron chi connectivity index (χ4n) is 2.16. The fraction of sp³-hybridized carbons (Fsp3) is 0.533. The van der Waals surface area contributed by atoms with Gasteiger partial charge in [0, 0.05) is 26.8 Å². The Balaban J connectivity index is 1.83. The van der Waals surface area contributed by atoms with E-state index in [1.54, 1.807) is 6.33 Å². The number of fused-ring (bicyclic) bond motifs is 1. The van der Waals surface area contributed by atoms with E-state index in [9.17, 15) is 5.11 Å². The lowest BCUT2D eigenvalue weighted by Gasteiger charge is -2.12. The van der Waals surface area contributed by atoms with Crippen molar-refractivity contribution in [3.05, 3.63) is 30.1 Å². The van der Waals surface area contributed by atoms with Gasteiger partial charge in [-0.05, 0) is 37.6 Å². The molecular formula is C15H23N3O2. The molecule has 0 spiro atoms. The molecule has 0 saturated carbocycles. The third-order valence-electron chi connectivity index (χ3n) is 3.32. The molecule has 0 aliphatic carbocycles. The Bertz CT molecular complexity index is 539. The van der Waals surface area contributed by atoms with Crippen molar-refractivity contribution in [3.8, 4) is 0 Å². The Morgan fingerprint density at radius 3 is 3.10 bits per heavy atom. The summed E-state index contributed by atoms with van der Waals surface area (Å²) in [6, 6.07) is 5.90. The lowest BCUT2D eigenvalue weighted by atomic mass is 10.1. The van der Waals surface area contributed by atoms with Gasteiger partial charge in [0.15, 0.2) is 0 Å². The number of rotatable bonds is 8. The van der Waals surface area contributed by atoms with Crippen LogP contribution in [0.4, 0.5) is 0 Å². The molecule has 1 atom stereocenters. The molecule has 110 valence electrons. The molecule has 0 amide bonds. The highest BCUT2D eigenvalue weighted by Crippen LogP contribution is 2.18. The second kappa shape index (κ2) is 7.38. The first-order chi connectivity index (χ1) is 9.72. The fourth-order valence-corrected chi connectivity index (χ4v) is 2.16. The van der Waals surface area contributed by atoms with Gasteiger partial charge < -0.3 is 19.7 Å². The number of aromatic nitrogens is 2. The van der Waals surface area contributed by atoms with Gasteiger partial charge in [0.1, 0.15) is 0 Å². The minimum Gasteiger partial charge on any atom is -0.387 e. The predicted octanol–water partition coefficient (Wildman–Crippen LogP) is 1.62. The number of ether oxygens (including phenoxy) is 1. The molecule has 2 aromatic rings. The summed E-state index contributed by atoms with van der Waals surface area (Å²) in [4.78, 5) is 4.31. The van der Waals surface area contributed by atoms with Gasteiger partial charge in [-0.15, -0.1) is 0 Å². The van der Waals surface area contributed by atoms with Crippen LogP contribution in [-0.4, -0.2) is 41.0 Å². The molecule has 2 rings (SSSR count). The molecule has 2 N–H and O–H groups in total. The van der Waals surface area contributed by atoms with Gasteiger partial charge in [-0.2, -0.15) is 0 Å². The zero-order chi connectivity index (χ0) is 14.4. The quantitative estimate of drug-likeness (QED) is 0.720. The number of aliphatic hydroxyl groups excluding tert-OH is 1. The van der Waals surface area contributed by atoms with Gasteiger partial charge in [-0.1, -0.05) is 6.07 Å². The predicted molar refractivity (Wildman–Crippen MR) is 79.7 cm³/mol. The SMILES string of the molecule is CCOCCCNCC(O)c1ccc2c(c1)ncn2C. The number of nitrogens with one attached hydrogen (secondary N) is 1. The Kier molecular flexibility index (Phi) is 5.52. The minimum atomic E-state index is -0.506. The number of aliphatic hydroxyl groups is 1. The van der Waals surface area contributed by atoms with E-state index in [-0.39, 0.29) is 0 Å². The van der Waals surface area contributed by atoms with Crippen molar-refractivity contribution < 1.29 is 9.84 Å². The van der Waals surface area contributed by atoms with Gasteiger partial charge >= 0.3 is 0 Å². The molecule has 20 heavy (non-hydrogen) atoms. The van der Waals surface area contributed by atoms with Crippen molar-refractivity contribution in [2.45, 2.75) is 19.4 Å². The largest absolute Gasteiger partial charge is 0.387 e. The summed E-state index contributed by atoms with van der Waals surface area (Å²) < 4.78 is 7.23. The number of nitrogens with zero attached hydrogens (tertiary/aromatic N) is 2. The maximum atomic E-state index is 10.2.